The van der Waals surface area contributed by atoms with E-state index in [-0.39, 0.29) is 11.7 Å². The second-order valence-electron chi connectivity index (χ2n) is 3.26. The van der Waals surface area contributed by atoms with E-state index in [4.69, 9.17) is 9.15 Å². The van der Waals surface area contributed by atoms with Crippen LogP contribution < -0.4 is 0 Å². The predicted octanol–water partition coefficient (Wildman–Crippen LogP) is 1.89. The molecule has 1 unspecified atom stereocenters. The van der Waals surface area contributed by atoms with Crippen LogP contribution >= 0.6 is 0 Å². The van der Waals surface area contributed by atoms with Crippen LogP contribution in [0.1, 0.15) is 23.4 Å². The van der Waals surface area contributed by atoms with Crippen molar-refractivity contribution in [2.45, 2.75) is 12.8 Å². The van der Waals surface area contributed by atoms with Gasteiger partial charge in [0, 0.05) is 12.5 Å². The highest BCUT2D eigenvalue weighted by atomic mass is 16.5. The Labute approximate surface area is 76.7 Å². The van der Waals surface area contributed by atoms with Crippen LogP contribution in [0.4, 0.5) is 0 Å². The van der Waals surface area contributed by atoms with Gasteiger partial charge in [0.2, 0.25) is 5.78 Å². The minimum absolute atomic E-state index is 0.0000926. The Balaban J connectivity index is 2.04. The number of carbonyl (C=O) groups excluding carboxylic acids is 1. The Morgan fingerprint density at radius 1 is 1.54 bits per heavy atom. The summed E-state index contributed by atoms with van der Waals surface area (Å²) in [6, 6.07) is 3.44. The van der Waals surface area contributed by atoms with E-state index in [0.717, 1.165) is 19.4 Å². The summed E-state index contributed by atoms with van der Waals surface area (Å²) in [7, 11) is 0. The third kappa shape index (κ3) is 1.80. The summed E-state index contributed by atoms with van der Waals surface area (Å²) in [5.41, 5.74) is 0. The van der Waals surface area contributed by atoms with Gasteiger partial charge in [0.25, 0.3) is 0 Å². The fourth-order valence-corrected chi connectivity index (χ4v) is 1.57. The van der Waals surface area contributed by atoms with E-state index in [1.165, 1.54) is 6.26 Å². The third-order valence-electron chi connectivity index (χ3n) is 2.30. The zero-order chi connectivity index (χ0) is 9.10. The highest BCUT2D eigenvalue weighted by Gasteiger charge is 2.24. The van der Waals surface area contributed by atoms with Crippen LogP contribution in [0.2, 0.25) is 0 Å². The quantitative estimate of drug-likeness (QED) is 0.652. The lowest BCUT2D eigenvalue weighted by atomic mass is 9.96. The fourth-order valence-electron chi connectivity index (χ4n) is 1.57. The van der Waals surface area contributed by atoms with E-state index in [2.05, 4.69) is 0 Å². The predicted molar refractivity (Wildman–Crippen MR) is 46.6 cm³/mol. The molecular weight excluding hydrogens is 168 g/mol. The number of hydrogen-bond donors (Lipinski definition) is 0. The van der Waals surface area contributed by atoms with Crippen molar-refractivity contribution in [2.24, 2.45) is 5.92 Å². The van der Waals surface area contributed by atoms with Crippen molar-refractivity contribution < 1.29 is 13.9 Å². The molecule has 0 saturated carbocycles. The number of Topliss-reactive ketones (excluding diaryl/α,β-unsaturated/α-hetero) is 1. The van der Waals surface area contributed by atoms with Gasteiger partial charge in [-0.05, 0) is 25.0 Å². The maximum absolute atomic E-state index is 11.7. The molecule has 1 fully saturated rings. The number of hydrogen-bond acceptors (Lipinski definition) is 3. The first-order valence-corrected chi connectivity index (χ1v) is 4.53. The minimum atomic E-state index is -0.0000926. The average molecular weight is 180 g/mol. The maximum atomic E-state index is 11.7. The normalized spacial score (nSPS) is 22.9. The van der Waals surface area contributed by atoms with Crippen molar-refractivity contribution in [1.82, 2.24) is 0 Å². The number of carbonyl (C=O) groups is 1. The van der Waals surface area contributed by atoms with E-state index in [0.29, 0.717) is 12.4 Å². The molecule has 0 aromatic carbocycles. The molecule has 1 aromatic heterocycles. The standard InChI is InChI=1S/C10H12O3/c11-10(9-4-2-6-13-9)8-3-1-5-12-7-8/h2,4,6,8H,1,3,5,7H2. The highest BCUT2D eigenvalue weighted by molar-refractivity contribution is 5.95. The zero-order valence-corrected chi connectivity index (χ0v) is 7.36. The number of rotatable bonds is 2. The van der Waals surface area contributed by atoms with Crippen molar-refractivity contribution in [3.8, 4) is 0 Å². The van der Waals surface area contributed by atoms with Gasteiger partial charge in [-0.3, -0.25) is 4.79 Å². The summed E-state index contributed by atoms with van der Waals surface area (Å²) in [5.74, 6) is 0.528. The molecule has 3 nitrogen and oxygen atoms in total. The van der Waals surface area contributed by atoms with Gasteiger partial charge in [-0.2, -0.15) is 0 Å². The van der Waals surface area contributed by atoms with E-state index in [9.17, 15) is 4.79 Å². The molecule has 0 amide bonds. The SMILES string of the molecule is O=C(c1ccco1)C1CCCOC1. The van der Waals surface area contributed by atoms with Gasteiger partial charge in [-0.15, -0.1) is 0 Å². The monoisotopic (exact) mass is 180 g/mol. The van der Waals surface area contributed by atoms with Crippen molar-refractivity contribution in [3.63, 3.8) is 0 Å². The van der Waals surface area contributed by atoms with Gasteiger partial charge < -0.3 is 9.15 Å². The first kappa shape index (κ1) is 8.51. The first-order valence-electron chi connectivity index (χ1n) is 4.53. The smallest absolute Gasteiger partial charge is 0.203 e. The van der Waals surface area contributed by atoms with Crippen molar-refractivity contribution in [3.05, 3.63) is 24.2 Å². The molecule has 3 heteroatoms. The Bertz CT molecular complexity index is 270. The summed E-state index contributed by atoms with van der Waals surface area (Å²) >= 11 is 0. The summed E-state index contributed by atoms with van der Waals surface area (Å²) in [5, 5.41) is 0. The first-order chi connectivity index (χ1) is 6.38. The third-order valence-corrected chi connectivity index (χ3v) is 2.30. The Morgan fingerprint density at radius 3 is 3.08 bits per heavy atom. The molecule has 13 heavy (non-hydrogen) atoms. The van der Waals surface area contributed by atoms with Crippen molar-refractivity contribution >= 4 is 5.78 Å². The van der Waals surface area contributed by atoms with Crippen molar-refractivity contribution in [1.29, 1.82) is 0 Å². The molecule has 1 saturated heterocycles. The van der Waals surface area contributed by atoms with Crippen LogP contribution in [0.25, 0.3) is 0 Å². The molecule has 0 aliphatic carbocycles. The topological polar surface area (TPSA) is 39.4 Å². The molecule has 0 radical (unpaired) electrons. The Morgan fingerprint density at radius 2 is 2.46 bits per heavy atom. The molecule has 2 heterocycles. The lowest BCUT2D eigenvalue weighted by Crippen LogP contribution is -2.24. The van der Waals surface area contributed by atoms with Crippen LogP contribution in [0, 0.1) is 5.92 Å². The molecule has 1 aromatic rings. The Kier molecular flexibility index (Phi) is 2.45. The second-order valence-corrected chi connectivity index (χ2v) is 3.26. The van der Waals surface area contributed by atoms with Gasteiger partial charge in [0.15, 0.2) is 5.76 Å². The van der Waals surface area contributed by atoms with Crippen LogP contribution in [0.3, 0.4) is 0 Å². The van der Waals surface area contributed by atoms with Crippen LogP contribution in [-0.2, 0) is 4.74 Å². The summed E-state index contributed by atoms with van der Waals surface area (Å²) < 4.78 is 10.3. The molecule has 70 valence electrons. The van der Waals surface area contributed by atoms with Crippen LogP contribution in [-0.4, -0.2) is 19.0 Å². The van der Waals surface area contributed by atoms with Crippen LogP contribution in [0.15, 0.2) is 22.8 Å². The van der Waals surface area contributed by atoms with Gasteiger partial charge in [0.05, 0.1) is 12.9 Å². The number of furan rings is 1. The minimum Gasteiger partial charge on any atom is -0.461 e. The molecule has 0 N–H and O–H groups in total. The molecular formula is C10H12O3. The molecule has 1 aliphatic heterocycles. The average Bonchev–Trinajstić information content (AvgIpc) is 2.71. The molecule has 1 atom stereocenters. The summed E-state index contributed by atoms with van der Waals surface area (Å²) in [6.07, 6.45) is 3.41. The van der Waals surface area contributed by atoms with Gasteiger partial charge in [-0.1, -0.05) is 0 Å². The van der Waals surface area contributed by atoms with E-state index < -0.39 is 0 Å². The second kappa shape index (κ2) is 3.75. The molecule has 0 bridgehead atoms. The fraction of sp³-hybridized carbons (Fsp3) is 0.500. The summed E-state index contributed by atoms with van der Waals surface area (Å²) in [6.45, 7) is 1.32. The van der Waals surface area contributed by atoms with Gasteiger partial charge in [-0.25, -0.2) is 0 Å². The largest absolute Gasteiger partial charge is 0.461 e. The molecule has 1 aliphatic rings. The Hall–Kier alpha value is -1.09. The summed E-state index contributed by atoms with van der Waals surface area (Å²) in [4.78, 5) is 11.7. The highest BCUT2D eigenvalue weighted by Crippen LogP contribution is 2.18. The van der Waals surface area contributed by atoms with Gasteiger partial charge >= 0.3 is 0 Å². The van der Waals surface area contributed by atoms with Crippen LogP contribution in [0.5, 0.6) is 0 Å². The van der Waals surface area contributed by atoms with E-state index in [1.807, 2.05) is 0 Å². The van der Waals surface area contributed by atoms with Crippen molar-refractivity contribution in [2.75, 3.05) is 13.2 Å². The zero-order valence-electron chi connectivity index (χ0n) is 7.36. The number of ether oxygens (including phenoxy) is 1. The molecule has 2 rings (SSSR count). The lowest BCUT2D eigenvalue weighted by Gasteiger charge is -2.19. The van der Waals surface area contributed by atoms with E-state index >= 15 is 0 Å². The maximum Gasteiger partial charge on any atom is 0.203 e. The number of ketones is 1. The van der Waals surface area contributed by atoms with Gasteiger partial charge in [0.1, 0.15) is 0 Å². The van der Waals surface area contributed by atoms with E-state index in [1.54, 1.807) is 12.1 Å². The lowest BCUT2D eigenvalue weighted by molar-refractivity contribution is 0.0443. The molecule has 0 spiro atoms.